The SMILES string of the molecule is COc1ccc(N=Cc2cnc(C3CC3)s2)cc1.Cc1ccccc1.Fc1cc(Cl)cc2c1C(Cc1cc(Cl)ccc1Br)=NC(c1cnc(C3CC3)s1)O2.N=C(Cc1cc(Cl)ccc1Br)c1c(O)cc(Cl)cc1F.O=CC(F)(F)F. The van der Waals surface area contributed by atoms with Crippen LogP contribution in [0.4, 0.5) is 27.6 Å². The molecule has 0 amide bonds. The molecule has 2 fully saturated rings. The third-order valence-electron chi connectivity index (χ3n) is 11.6. The molecule has 3 heterocycles. The van der Waals surface area contributed by atoms with Crippen molar-refractivity contribution in [2.75, 3.05) is 7.11 Å². The Morgan fingerprint density at radius 2 is 1.36 bits per heavy atom. The fraction of sp³-hybridized carbons (Fsp3) is 0.207. The molecule has 1 atom stereocenters. The van der Waals surface area contributed by atoms with E-state index in [0.29, 0.717) is 39.4 Å². The molecule has 2 saturated carbocycles. The minimum absolute atomic E-state index is 0.0559. The molecule has 9 nitrogen and oxygen atoms in total. The van der Waals surface area contributed by atoms with E-state index in [9.17, 15) is 27.1 Å². The van der Waals surface area contributed by atoms with Crippen molar-refractivity contribution in [1.29, 1.82) is 5.41 Å². The van der Waals surface area contributed by atoms with Crippen molar-refractivity contribution in [2.45, 2.75) is 69.7 Å². The molecule has 0 bridgehead atoms. The summed E-state index contributed by atoms with van der Waals surface area (Å²) in [4.78, 5) is 28.9. The Hall–Kier alpha value is -5.57. The Morgan fingerprint density at radius 1 is 0.787 bits per heavy atom. The average Bonchev–Trinajstić information content (AvgIpc) is 4.36. The predicted octanol–water partition coefficient (Wildman–Crippen LogP) is 19.1. The highest BCUT2D eigenvalue weighted by Crippen LogP contribution is 2.45. The lowest BCUT2D eigenvalue weighted by Crippen LogP contribution is -2.20. The first kappa shape index (κ1) is 62.0. The molecule has 0 radical (unpaired) electrons. The summed E-state index contributed by atoms with van der Waals surface area (Å²) in [5.74, 6) is 0.995. The van der Waals surface area contributed by atoms with Crippen LogP contribution in [0.15, 0.2) is 147 Å². The number of alkyl halides is 3. The zero-order chi connectivity index (χ0) is 57.7. The van der Waals surface area contributed by atoms with E-state index in [1.165, 1.54) is 48.4 Å². The molecule has 0 spiro atoms. The van der Waals surface area contributed by atoms with E-state index in [0.717, 1.165) is 58.3 Å². The summed E-state index contributed by atoms with van der Waals surface area (Å²) in [7, 11) is 1.66. The van der Waals surface area contributed by atoms with Crippen LogP contribution in [0.3, 0.4) is 0 Å². The van der Waals surface area contributed by atoms with Gasteiger partial charge in [0.2, 0.25) is 12.5 Å². The minimum atomic E-state index is -4.64. The number of thiazole rings is 2. The van der Waals surface area contributed by atoms with Gasteiger partial charge in [-0.2, -0.15) is 13.2 Å². The second-order valence-electron chi connectivity index (χ2n) is 17.9. The number of hydrogen-bond acceptors (Lipinski definition) is 11. The standard InChI is InChI=1S/C21H14BrCl2FN2OS.C14H9BrCl2FNO.C14H14N2OS.C7H8.C2HF3O/c22-14-4-3-12(23)5-11(14)6-16-19-15(25)7-13(24)8-17(19)28-20(27-16)18-9-26-21(29-18)10-1-2-10;15-10-2-1-8(16)3-7(10)4-12(19)14-11(18)5-9(17)6-13(14)20;1-17-12-6-4-11(5-7-12)15-8-13-9-16-14(18-13)10-2-3-10;1-7-5-3-2-4-6-7;3-2(4,5)1-6/h3-5,7-10,20H,1-2,6H2;1-3,5-6,19-20H,4H2;4-10H,2-3H2,1H3;2-6H,1H3;1H. The third-order valence-corrected chi connectivity index (χ3v) is 16.3. The summed E-state index contributed by atoms with van der Waals surface area (Å²) < 4.78 is 72.7. The molecule has 11 rings (SSSR count). The van der Waals surface area contributed by atoms with E-state index in [1.807, 2.05) is 73.2 Å². The quantitative estimate of drug-likeness (QED) is 0.0754. The third kappa shape index (κ3) is 18.7. The van der Waals surface area contributed by atoms with Gasteiger partial charge in [0.1, 0.15) is 28.9 Å². The lowest BCUT2D eigenvalue weighted by molar-refractivity contribution is -0.156. The Labute approximate surface area is 503 Å². The van der Waals surface area contributed by atoms with E-state index < -0.39 is 30.3 Å². The number of nitrogens with zero attached hydrogens (tertiary/aromatic N) is 4. The lowest BCUT2D eigenvalue weighted by Gasteiger charge is -2.25. The average molecular weight is 1340 g/mol. The molecule has 80 heavy (non-hydrogen) atoms. The van der Waals surface area contributed by atoms with Crippen molar-refractivity contribution in [3.05, 3.63) is 216 Å². The number of phenolic OH excluding ortho intramolecular Hbond substituents is 1. The van der Waals surface area contributed by atoms with Crippen LogP contribution in [0.2, 0.25) is 20.1 Å². The van der Waals surface area contributed by atoms with Gasteiger partial charge in [-0.25, -0.2) is 23.7 Å². The maximum Gasteiger partial charge on any atom is 0.446 e. The Balaban J connectivity index is 0.000000159. The van der Waals surface area contributed by atoms with Crippen molar-refractivity contribution < 1.29 is 41.3 Å². The van der Waals surface area contributed by atoms with Crippen molar-refractivity contribution >= 4 is 131 Å². The van der Waals surface area contributed by atoms with Gasteiger partial charge in [0.25, 0.3) is 0 Å². The number of nitrogens with one attached hydrogen (secondary N) is 1. The summed E-state index contributed by atoms with van der Waals surface area (Å²) >= 11 is 34.0. The molecule has 1 unspecified atom stereocenters. The van der Waals surface area contributed by atoms with Crippen LogP contribution in [0.1, 0.15) is 91.3 Å². The highest BCUT2D eigenvalue weighted by molar-refractivity contribution is 9.10. The maximum atomic E-state index is 14.8. The first-order valence-electron chi connectivity index (χ1n) is 24.2. The Bertz CT molecular complexity index is 3490. The topological polar surface area (TPSA) is 130 Å². The van der Waals surface area contributed by atoms with Gasteiger partial charge in [-0.1, -0.05) is 114 Å². The number of fused-ring (bicyclic) bond motifs is 1. The number of ether oxygens (including phenoxy) is 2. The van der Waals surface area contributed by atoms with Crippen LogP contribution in [0.25, 0.3) is 0 Å². The number of carbonyl (C=O) groups excluding carboxylic acids is 1. The molecular weight excluding hydrogens is 1290 g/mol. The highest BCUT2D eigenvalue weighted by Gasteiger charge is 2.32. The number of aryl methyl sites for hydroxylation is 1. The molecule has 22 heteroatoms. The predicted molar refractivity (Wildman–Crippen MR) is 319 cm³/mol. The fourth-order valence-electron chi connectivity index (χ4n) is 7.36. The largest absolute Gasteiger partial charge is 0.507 e. The van der Waals surface area contributed by atoms with Crippen LogP contribution in [-0.4, -0.2) is 52.3 Å². The maximum absolute atomic E-state index is 14.8. The van der Waals surface area contributed by atoms with Crippen molar-refractivity contribution in [1.82, 2.24) is 9.97 Å². The summed E-state index contributed by atoms with van der Waals surface area (Å²) in [6, 6.07) is 33.8. The van der Waals surface area contributed by atoms with Gasteiger partial charge in [0.15, 0.2) is 0 Å². The Morgan fingerprint density at radius 3 is 1.94 bits per heavy atom. The number of benzene rings is 6. The number of rotatable bonds is 11. The van der Waals surface area contributed by atoms with E-state index >= 15 is 0 Å². The number of aromatic hydroxyl groups is 1. The van der Waals surface area contributed by atoms with Gasteiger partial charge in [-0.15, -0.1) is 22.7 Å². The molecular formula is C58H46Br2Cl4F5N5O4S2. The molecule has 3 aliphatic rings. The second kappa shape index (κ2) is 28.9. The zero-order valence-electron chi connectivity index (χ0n) is 42.2. The van der Waals surface area contributed by atoms with Gasteiger partial charge in [-0.3, -0.25) is 9.79 Å². The fourth-order valence-corrected chi connectivity index (χ4v) is 10.9. The summed E-state index contributed by atoms with van der Waals surface area (Å²) in [6.07, 6.45) is 4.81. The van der Waals surface area contributed by atoms with Gasteiger partial charge < -0.3 is 20.0 Å². The molecule has 0 saturated heterocycles. The van der Waals surface area contributed by atoms with Gasteiger partial charge in [0.05, 0.1) is 49.4 Å². The van der Waals surface area contributed by atoms with Crippen molar-refractivity contribution in [2.24, 2.45) is 9.98 Å². The van der Waals surface area contributed by atoms with Gasteiger partial charge in [-0.05, 0) is 129 Å². The first-order valence-corrected chi connectivity index (χ1v) is 28.9. The smallest absolute Gasteiger partial charge is 0.446 e. The molecule has 1 aliphatic heterocycles. The number of halogens is 11. The molecule has 2 aromatic heterocycles. The van der Waals surface area contributed by atoms with Crippen LogP contribution in [-0.2, 0) is 17.6 Å². The van der Waals surface area contributed by atoms with E-state index in [4.69, 9.17) is 71.1 Å². The number of aldehydes is 1. The number of aliphatic imine (C=N–C) groups is 2. The number of phenols is 1. The number of hydrogen-bond donors (Lipinski definition) is 2. The minimum Gasteiger partial charge on any atom is -0.507 e. The molecule has 2 aliphatic carbocycles. The van der Waals surface area contributed by atoms with Crippen LogP contribution >= 0.6 is 101 Å². The summed E-state index contributed by atoms with van der Waals surface area (Å²) in [5, 5.41) is 21.6. The summed E-state index contributed by atoms with van der Waals surface area (Å²) in [5.41, 5.74) is 4.62. The number of carbonyl (C=O) groups is 1. The van der Waals surface area contributed by atoms with Crippen LogP contribution in [0.5, 0.6) is 17.2 Å². The molecule has 8 aromatic rings. The van der Waals surface area contributed by atoms with E-state index in [-0.39, 0.29) is 33.5 Å². The van der Waals surface area contributed by atoms with Crippen molar-refractivity contribution in [3.63, 3.8) is 0 Å². The van der Waals surface area contributed by atoms with Crippen molar-refractivity contribution in [3.8, 4) is 17.2 Å². The van der Waals surface area contributed by atoms with Crippen LogP contribution < -0.4 is 9.47 Å². The zero-order valence-corrected chi connectivity index (χ0v) is 50.0. The number of aromatic nitrogens is 2. The second-order valence-corrected chi connectivity index (χ2v) is 23.6. The van der Waals surface area contributed by atoms with Gasteiger partial charge >= 0.3 is 6.18 Å². The Kier molecular flexibility index (Phi) is 22.4. The van der Waals surface area contributed by atoms with E-state index in [2.05, 4.69) is 65.9 Å². The molecule has 6 aromatic carbocycles. The van der Waals surface area contributed by atoms with Crippen LogP contribution in [0, 0.1) is 24.0 Å². The molecule has 2 N–H and O–H groups in total. The highest BCUT2D eigenvalue weighted by atomic mass is 79.9. The normalized spacial score (nSPS) is 14.3. The monoisotopic (exact) mass is 1330 g/mol. The van der Waals surface area contributed by atoms with E-state index in [1.54, 1.807) is 60.1 Å². The molecule has 416 valence electrons. The number of methoxy groups -OCH3 is 1. The lowest BCUT2D eigenvalue weighted by atomic mass is 9.99. The van der Waals surface area contributed by atoms with Gasteiger partial charge in [0, 0.05) is 78.0 Å². The first-order chi connectivity index (χ1) is 38.2. The summed E-state index contributed by atoms with van der Waals surface area (Å²) in [6.45, 7) is 2.08.